The molecule has 1 rings (SSSR count). The Labute approximate surface area is 85.9 Å². The van der Waals surface area contributed by atoms with Gasteiger partial charge in [0.15, 0.2) is 6.39 Å². The van der Waals surface area contributed by atoms with Crippen molar-refractivity contribution in [2.45, 2.75) is 40.2 Å². The predicted octanol–water partition coefficient (Wildman–Crippen LogP) is 2.37. The minimum atomic E-state index is 0.670. The Kier molecular flexibility index (Phi) is 4.66. The van der Waals surface area contributed by atoms with E-state index in [9.17, 15) is 0 Å². The van der Waals surface area contributed by atoms with Crippen LogP contribution in [0.15, 0.2) is 10.8 Å². The molecule has 1 heterocycles. The third-order valence-electron chi connectivity index (χ3n) is 2.50. The molecule has 0 fully saturated rings. The van der Waals surface area contributed by atoms with Crippen LogP contribution in [0.5, 0.6) is 0 Å². The van der Waals surface area contributed by atoms with E-state index in [1.165, 1.54) is 6.42 Å². The molecule has 3 nitrogen and oxygen atoms in total. The summed E-state index contributed by atoms with van der Waals surface area (Å²) < 4.78 is 5.38. The summed E-state index contributed by atoms with van der Waals surface area (Å²) in [7, 11) is 0. The third kappa shape index (κ3) is 3.14. The molecule has 0 aromatic carbocycles. The molecular formula is C11H20N2O. The van der Waals surface area contributed by atoms with Crippen molar-refractivity contribution < 1.29 is 4.42 Å². The maximum atomic E-state index is 5.38. The molecule has 0 saturated carbocycles. The fourth-order valence-corrected chi connectivity index (χ4v) is 1.31. The zero-order valence-corrected chi connectivity index (χ0v) is 9.34. The molecule has 0 amide bonds. The summed E-state index contributed by atoms with van der Waals surface area (Å²) in [5, 5.41) is 3.26. The second-order valence-corrected chi connectivity index (χ2v) is 3.72. The van der Waals surface area contributed by atoms with Gasteiger partial charge in [-0.3, -0.25) is 0 Å². The monoisotopic (exact) mass is 196 g/mol. The molecule has 80 valence electrons. The second-order valence-electron chi connectivity index (χ2n) is 3.72. The van der Waals surface area contributed by atoms with Crippen molar-refractivity contribution in [3.8, 4) is 0 Å². The van der Waals surface area contributed by atoms with Gasteiger partial charge in [0.2, 0.25) is 0 Å². The fraction of sp³-hybridized carbons (Fsp3) is 0.727. The molecule has 1 unspecified atom stereocenters. The molecule has 0 radical (unpaired) electrons. The Hall–Kier alpha value is -0.830. The summed E-state index contributed by atoms with van der Waals surface area (Å²) in [5.74, 6) is 1.71. The van der Waals surface area contributed by atoms with Gasteiger partial charge in [0.25, 0.3) is 0 Å². The number of hydrogen-bond acceptors (Lipinski definition) is 3. The van der Waals surface area contributed by atoms with Crippen LogP contribution in [0.25, 0.3) is 0 Å². The van der Waals surface area contributed by atoms with Gasteiger partial charge in [-0.1, -0.05) is 27.2 Å². The van der Waals surface area contributed by atoms with Gasteiger partial charge in [-0.2, -0.15) is 0 Å². The first-order valence-electron chi connectivity index (χ1n) is 5.39. The van der Waals surface area contributed by atoms with Gasteiger partial charge in [0, 0.05) is 13.0 Å². The van der Waals surface area contributed by atoms with Crippen LogP contribution >= 0.6 is 0 Å². The van der Waals surface area contributed by atoms with Gasteiger partial charge in [-0.15, -0.1) is 0 Å². The lowest BCUT2D eigenvalue weighted by atomic mass is 10.0. The van der Waals surface area contributed by atoms with E-state index in [0.717, 1.165) is 31.0 Å². The van der Waals surface area contributed by atoms with Gasteiger partial charge in [-0.25, -0.2) is 4.98 Å². The van der Waals surface area contributed by atoms with Crippen LogP contribution < -0.4 is 5.32 Å². The van der Waals surface area contributed by atoms with E-state index in [-0.39, 0.29) is 0 Å². The van der Waals surface area contributed by atoms with Crippen molar-refractivity contribution in [3.05, 3.63) is 17.8 Å². The average Bonchev–Trinajstić information content (AvgIpc) is 2.62. The molecule has 1 N–H and O–H groups in total. The number of hydrogen-bond donors (Lipinski definition) is 1. The molecule has 1 aromatic heterocycles. The van der Waals surface area contributed by atoms with Crippen LogP contribution in [-0.2, 0) is 13.0 Å². The summed E-state index contributed by atoms with van der Waals surface area (Å²) in [6.45, 7) is 8.31. The lowest BCUT2D eigenvalue weighted by Crippen LogP contribution is -2.13. The van der Waals surface area contributed by atoms with Crippen LogP contribution in [0.2, 0.25) is 0 Å². The maximum Gasteiger partial charge on any atom is 0.181 e. The first-order chi connectivity index (χ1) is 6.77. The van der Waals surface area contributed by atoms with Gasteiger partial charge in [0.1, 0.15) is 5.76 Å². The van der Waals surface area contributed by atoms with Crippen LogP contribution in [0, 0.1) is 5.92 Å². The minimum absolute atomic E-state index is 0.670. The van der Waals surface area contributed by atoms with E-state index in [1.54, 1.807) is 6.39 Å². The zero-order chi connectivity index (χ0) is 10.4. The van der Waals surface area contributed by atoms with Crippen LogP contribution in [0.4, 0.5) is 0 Å². The van der Waals surface area contributed by atoms with Crippen molar-refractivity contribution in [1.82, 2.24) is 10.3 Å². The van der Waals surface area contributed by atoms with Crippen molar-refractivity contribution in [3.63, 3.8) is 0 Å². The Morgan fingerprint density at radius 1 is 1.50 bits per heavy atom. The molecule has 0 bridgehead atoms. The quantitative estimate of drug-likeness (QED) is 0.759. The van der Waals surface area contributed by atoms with Gasteiger partial charge >= 0.3 is 0 Å². The first-order valence-corrected chi connectivity index (χ1v) is 5.39. The Morgan fingerprint density at radius 3 is 2.93 bits per heavy atom. The minimum Gasteiger partial charge on any atom is -0.448 e. The molecule has 0 saturated heterocycles. The van der Waals surface area contributed by atoms with Crippen LogP contribution in [-0.4, -0.2) is 11.5 Å². The molecule has 1 atom stereocenters. The van der Waals surface area contributed by atoms with Crippen molar-refractivity contribution in [2.24, 2.45) is 5.92 Å². The third-order valence-corrected chi connectivity index (χ3v) is 2.50. The number of nitrogens with one attached hydrogen (secondary N) is 1. The summed E-state index contributed by atoms with van der Waals surface area (Å²) >= 11 is 0. The van der Waals surface area contributed by atoms with Gasteiger partial charge in [0.05, 0.1) is 5.69 Å². The average molecular weight is 196 g/mol. The van der Waals surface area contributed by atoms with E-state index >= 15 is 0 Å². The summed E-state index contributed by atoms with van der Waals surface area (Å²) in [6, 6.07) is 0. The molecule has 0 aliphatic carbocycles. The second kappa shape index (κ2) is 5.81. The number of rotatable bonds is 6. The Morgan fingerprint density at radius 2 is 2.29 bits per heavy atom. The molecule has 14 heavy (non-hydrogen) atoms. The first kappa shape index (κ1) is 11.2. The van der Waals surface area contributed by atoms with E-state index in [4.69, 9.17) is 4.42 Å². The fourth-order valence-electron chi connectivity index (χ4n) is 1.31. The van der Waals surface area contributed by atoms with Crippen molar-refractivity contribution in [1.29, 1.82) is 0 Å². The van der Waals surface area contributed by atoms with Crippen LogP contribution in [0.1, 0.15) is 38.6 Å². The van der Waals surface area contributed by atoms with Crippen LogP contribution in [0.3, 0.4) is 0 Å². The highest BCUT2D eigenvalue weighted by Gasteiger charge is 2.10. The Balaban J connectivity index is 2.53. The molecule has 0 aliphatic rings. The SMILES string of the molecule is CCNCc1ncoc1CC(C)CC. The van der Waals surface area contributed by atoms with E-state index < -0.39 is 0 Å². The van der Waals surface area contributed by atoms with E-state index in [2.05, 4.69) is 31.1 Å². The summed E-state index contributed by atoms with van der Waals surface area (Å²) in [6.07, 6.45) is 3.73. The number of oxazole rings is 1. The summed E-state index contributed by atoms with van der Waals surface area (Å²) in [4.78, 5) is 4.21. The lowest BCUT2D eigenvalue weighted by Gasteiger charge is -2.06. The highest BCUT2D eigenvalue weighted by Crippen LogP contribution is 2.14. The predicted molar refractivity (Wildman–Crippen MR) is 57.0 cm³/mol. The van der Waals surface area contributed by atoms with E-state index in [0.29, 0.717) is 5.92 Å². The topological polar surface area (TPSA) is 38.1 Å². The molecule has 0 spiro atoms. The van der Waals surface area contributed by atoms with Gasteiger partial charge < -0.3 is 9.73 Å². The summed E-state index contributed by atoms with van der Waals surface area (Å²) in [5.41, 5.74) is 1.06. The molecule has 3 heteroatoms. The highest BCUT2D eigenvalue weighted by atomic mass is 16.3. The van der Waals surface area contributed by atoms with Crippen molar-refractivity contribution >= 4 is 0 Å². The normalized spacial score (nSPS) is 13.1. The molecule has 0 aliphatic heterocycles. The maximum absolute atomic E-state index is 5.38. The number of aromatic nitrogens is 1. The standard InChI is InChI=1S/C11H20N2O/c1-4-9(3)6-11-10(7-12-5-2)13-8-14-11/h8-9,12H,4-7H2,1-3H3. The largest absolute Gasteiger partial charge is 0.448 e. The molecular weight excluding hydrogens is 176 g/mol. The van der Waals surface area contributed by atoms with Gasteiger partial charge in [-0.05, 0) is 12.5 Å². The van der Waals surface area contributed by atoms with E-state index in [1.807, 2.05) is 0 Å². The smallest absolute Gasteiger partial charge is 0.181 e. The zero-order valence-electron chi connectivity index (χ0n) is 9.34. The number of nitrogens with zero attached hydrogens (tertiary/aromatic N) is 1. The molecule has 1 aromatic rings. The Bertz CT molecular complexity index is 258. The lowest BCUT2D eigenvalue weighted by molar-refractivity contribution is 0.443. The van der Waals surface area contributed by atoms with Crippen molar-refractivity contribution in [2.75, 3.05) is 6.54 Å². The highest BCUT2D eigenvalue weighted by molar-refractivity contribution is 5.07.